The lowest BCUT2D eigenvalue weighted by molar-refractivity contribution is -0.122. The van der Waals surface area contributed by atoms with Crippen LogP contribution in [0.4, 0.5) is 11.4 Å². The van der Waals surface area contributed by atoms with Crippen LogP contribution in [-0.2, 0) is 9.59 Å². The molecule has 7 heteroatoms. The fourth-order valence-electron chi connectivity index (χ4n) is 4.09. The number of anilines is 2. The van der Waals surface area contributed by atoms with Crippen LogP contribution in [0.5, 0.6) is 0 Å². The van der Waals surface area contributed by atoms with Gasteiger partial charge >= 0.3 is 0 Å². The molecule has 1 aliphatic heterocycles. The Labute approximate surface area is 180 Å². The summed E-state index contributed by atoms with van der Waals surface area (Å²) in [6, 6.07) is 15.2. The van der Waals surface area contributed by atoms with Gasteiger partial charge in [0.05, 0.1) is 5.92 Å². The van der Waals surface area contributed by atoms with Gasteiger partial charge in [-0.15, -0.1) is 0 Å². The molecule has 158 valence electrons. The van der Waals surface area contributed by atoms with E-state index in [2.05, 4.69) is 15.5 Å². The highest BCUT2D eigenvalue weighted by Crippen LogP contribution is 2.36. The molecule has 2 amide bonds. The molecule has 0 radical (unpaired) electrons. The Hall–Kier alpha value is -3.48. The summed E-state index contributed by atoms with van der Waals surface area (Å²) >= 11 is 0. The SMILES string of the molecule is Cc1cccc(NC(=O)[C@H]2CC(=O)N(c3cccc(-c4noc(C5CCC5)n4)c3)C2)c1. The first-order valence-corrected chi connectivity index (χ1v) is 10.7. The minimum absolute atomic E-state index is 0.0650. The third kappa shape index (κ3) is 3.95. The third-order valence-electron chi connectivity index (χ3n) is 6.09. The number of benzene rings is 2. The molecule has 1 aliphatic carbocycles. The number of nitrogens with one attached hydrogen (secondary N) is 1. The van der Waals surface area contributed by atoms with E-state index in [4.69, 9.17) is 4.52 Å². The molecule has 2 heterocycles. The molecule has 1 saturated heterocycles. The molecule has 2 fully saturated rings. The summed E-state index contributed by atoms with van der Waals surface area (Å²) in [6.07, 6.45) is 3.58. The van der Waals surface area contributed by atoms with Crippen LogP contribution in [0, 0.1) is 12.8 Å². The fourth-order valence-corrected chi connectivity index (χ4v) is 4.09. The van der Waals surface area contributed by atoms with Gasteiger partial charge in [0, 0.05) is 35.8 Å². The van der Waals surface area contributed by atoms with Crippen LogP contribution >= 0.6 is 0 Å². The molecule has 1 saturated carbocycles. The first-order valence-electron chi connectivity index (χ1n) is 10.7. The van der Waals surface area contributed by atoms with Crippen molar-refractivity contribution in [3.05, 3.63) is 60.0 Å². The lowest BCUT2D eigenvalue weighted by atomic mass is 9.85. The van der Waals surface area contributed by atoms with Gasteiger partial charge in [-0.05, 0) is 49.6 Å². The van der Waals surface area contributed by atoms with E-state index >= 15 is 0 Å². The maximum Gasteiger partial charge on any atom is 0.230 e. The summed E-state index contributed by atoms with van der Waals surface area (Å²) in [6.45, 7) is 2.32. The molecule has 0 unspecified atom stereocenters. The first kappa shape index (κ1) is 19.5. The Morgan fingerprint density at radius 3 is 2.77 bits per heavy atom. The molecule has 7 nitrogen and oxygen atoms in total. The van der Waals surface area contributed by atoms with Gasteiger partial charge in [-0.1, -0.05) is 35.8 Å². The smallest absolute Gasteiger partial charge is 0.230 e. The van der Waals surface area contributed by atoms with Crippen molar-refractivity contribution in [2.45, 2.75) is 38.5 Å². The summed E-state index contributed by atoms with van der Waals surface area (Å²) in [5, 5.41) is 7.05. The molecule has 2 aromatic carbocycles. The zero-order valence-corrected chi connectivity index (χ0v) is 17.4. The van der Waals surface area contributed by atoms with E-state index in [9.17, 15) is 9.59 Å². The van der Waals surface area contributed by atoms with Gasteiger partial charge < -0.3 is 14.7 Å². The van der Waals surface area contributed by atoms with Gasteiger partial charge in [-0.2, -0.15) is 4.98 Å². The Kier molecular flexibility index (Phi) is 5.02. The summed E-state index contributed by atoms with van der Waals surface area (Å²) < 4.78 is 5.43. The van der Waals surface area contributed by atoms with E-state index in [-0.39, 0.29) is 18.2 Å². The second-order valence-electron chi connectivity index (χ2n) is 8.40. The van der Waals surface area contributed by atoms with E-state index in [1.165, 1.54) is 6.42 Å². The number of hydrogen-bond donors (Lipinski definition) is 1. The minimum Gasteiger partial charge on any atom is -0.339 e. The topological polar surface area (TPSA) is 88.3 Å². The highest BCUT2D eigenvalue weighted by Gasteiger charge is 2.35. The molecular formula is C24H24N4O3. The van der Waals surface area contributed by atoms with Crippen LogP contribution in [0.15, 0.2) is 53.1 Å². The van der Waals surface area contributed by atoms with Gasteiger partial charge in [0.15, 0.2) is 0 Å². The number of aromatic nitrogens is 2. The standard InChI is InChI=1S/C24H24N4O3/c1-15-5-2-9-19(11-15)25-23(30)18-13-21(29)28(14-18)20-10-4-8-17(12-20)22-26-24(31-27-22)16-6-3-7-16/h2,4-5,8-12,16,18H,3,6-7,13-14H2,1H3,(H,25,30)/t18-/m0/s1. The molecule has 1 atom stereocenters. The largest absolute Gasteiger partial charge is 0.339 e. The molecule has 3 aromatic rings. The fraction of sp³-hybridized carbons (Fsp3) is 0.333. The number of rotatable bonds is 5. The number of hydrogen-bond acceptors (Lipinski definition) is 5. The van der Waals surface area contributed by atoms with E-state index < -0.39 is 5.92 Å². The van der Waals surface area contributed by atoms with Gasteiger partial charge in [-0.3, -0.25) is 9.59 Å². The van der Waals surface area contributed by atoms with E-state index in [0.29, 0.717) is 24.2 Å². The van der Waals surface area contributed by atoms with Crippen molar-refractivity contribution in [2.24, 2.45) is 5.92 Å². The van der Waals surface area contributed by atoms with Crippen molar-refractivity contribution in [1.82, 2.24) is 10.1 Å². The highest BCUT2D eigenvalue weighted by atomic mass is 16.5. The van der Waals surface area contributed by atoms with Gasteiger partial charge in [-0.25, -0.2) is 0 Å². The van der Waals surface area contributed by atoms with Crippen molar-refractivity contribution in [3.8, 4) is 11.4 Å². The molecular weight excluding hydrogens is 392 g/mol. The van der Waals surface area contributed by atoms with Crippen LogP contribution in [0.3, 0.4) is 0 Å². The predicted octanol–water partition coefficient (Wildman–Crippen LogP) is 4.30. The molecule has 1 N–H and O–H groups in total. The Morgan fingerprint density at radius 2 is 2.00 bits per heavy atom. The zero-order valence-electron chi connectivity index (χ0n) is 17.4. The van der Waals surface area contributed by atoms with Crippen LogP contribution in [-0.4, -0.2) is 28.5 Å². The average molecular weight is 416 g/mol. The maximum atomic E-state index is 12.7. The second-order valence-corrected chi connectivity index (χ2v) is 8.40. The summed E-state index contributed by atoms with van der Waals surface area (Å²) in [4.78, 5) is 31.6. The normalized spacial score (nSPS) is 18.8. The number of nitrogens with zero attached hydrogens (tertiary/aromatic N) is 3. The second kappa shape index (κ2) is 7.98. The summed E-state index contributed by atoms with van der Waals surface area (Å²) in [5.41, 5.74) is 3.36. The molecule has 1 aromatic heterocycles. The Balaban J connectivity index is 1.30. The van der Waals surface area contributed by atoms with Crippen molar-refractivity contribution < 1.29 is 14.1 Å². The van der Waals surface area contributed by atoms with Crippen molar-refractivity contribution in [2.75, 3.05) is 16.8 Å². The first-order chi connectivity index (χ1) is 15.1. The highest BCUT2D eigenvalue weighted by molar-refractivity contribution is 6.03. The van der Waals surface area contributed by atoms with Crippen molar-refractivity contribution in [3.63, 3.8) is 0 Å². The quantitative estimate of drug-likeness (QED) is 0.670. The molecule has 2 aliphatic rings. The van der Waals surface area contributed by atoms with Crippen LogP contribution < -0.4 is 10.2 Å². The minimum atomic E-state index is -0.396. The van der Waals surface area contributed by atoms with Crippen molar-refractivity contribution >= 4 is 23.2 Å². The number of carbonyl (C=O) groups excluding carboxylic acids is 2. The number of carbonyl (C=O) groups is 2. The zero-order chi connectivity index (χ0) is 21.4. The molecule has 0 bridgehead atoms. The Morgan fingerprint density at radius 1 is 1.16 bits per heavy atom. The van der Waals surface area contributed by atoms with Gasteiger partial charge in [0.2, 0.25) is 23.5 Å². The maximum absolute atomic E-state index is 12.7. The van der Waals surface area contributed by atoms with Crippen LogP contribution in [0.2, 0.25) is 0 Å². The van der Waals surface area contributed by atoms with Crippen molar-refractivity contribution in [1.29, 1.82) is 0 Å². The van der Waals surface area contributed by atoms with Crippen LogP contribution in [0.25, 0.3) is 11.4 Å². The molecule has 0 spiro atoms. The van der Waals surface area contributed by atoms with Gasteiger partial charge in [0.25, 0.3) is 0 Å². The molecule has 5 rings (SSSR count). The molecule has 31 heavy (non-hydrogen) atoms. The van der Waals surface area contributed by atoms with E-state index in [1.807, 2.05) is 55.5 Å². The van der Waals surface area contributed by atoms with Crippen LogP contribution in [0.1, 0.15) is 43.1 Å². The summed E-state index contributed by atoms with van der Waals surface area (Å²) in [7, 11) is 0. The monoisotopic (exact) mass is 416 g/mol. The predicted molar refractivity (Wildman–Crippen MR) is 117 cm³/mol. The Bertz CT molecular complexity index is 1140. The average Bonchev–Trinajstić information content (AvgIpc) is 3.34. The third-order valence-corrected chi connectivity index (χ3v) is 6.09. The van der Waals surface area contributed by atoms with Gasteiger partial charge in [0.1, 0.15) is 0 Å². The van der Waals surface area contributed by atoms with E-state index in [1.54, 1.807) is 4.90 Å². The summed E-state index contributed by atoms with van der Waals surface area (Å²) in [5.74, 6) is 0.996. The van der Waals surface area contributed by atoms with E-state index in [0.717, 1.165) is 35.3 Å². The number of amides is 2. The lowest BCUT2D eigenvalue weighted by Crippen LogP contribution is -2.28. The lowest BCUT2D eigenvalue weighted by Gasteiger charge is -2.20. The number of aryl methyl sites for hydroxylation is 1.